The number of hydrogen-bond acceptors (Lipinski definition) is 5. The van der Waals surface area contributed by atoms with E-state index in [-0.39, 0.29) is 29.2 Å². The average Bonchev–Trinajstić information content (AvgIpc) is 3.34. The first-order chi connectivity index (χ1) is 17.7. The highest BCUT2D eigenvalue weighted by molar-refractivity contribution is 6.05. The lowest BCUT2D eigenvalue weighted by Crippen LogP contribution is -2.44. The molecule has 1 atom stereocenters. The predicted molar refractivity (Wildman–Crippen MR) is 144 cm³/mol. The summed E-state index contributed by atoms with van der Waals surface area (Å²) in [7, 11) is 0. The van der Waals surface area contributed by atoms with Gasteiger partial charge in [-0.3, -0.25) is 14.9 Å². The Kier molecular flexibility index (Phi) is 8.05. The maximum Gasteiger partial charge on any atom is 0.265 e. The Hall–Kier alpha value is -3.55. The zero-order valence-electron chi connectivity index (χ0n) is 22.0. The third-order valence-electron chi connectivity index (χ3n) is 8.10. The normalized spacial score (nSPS) is 21.7. The number of nitrogens with zero attached hydrogens (tertiary/aromatic N) is 3. The van der Waals surface area contributed by atoms with Crippen molar-refractivity contribution in [1.82, 2.24) is 10.2 Å². The van der Waals surface area contributed by atoms with Crippen LogP contribution < -0.4 is 11.2 Å². The SMILES string of the molecule is CC(C)(C)C1CCC(N(Cc2ccc(C(=O)N/C(N=N)=N/N)cc2)C(=O)C2CCc3ccccc32)CC1. The molecule has 2 aliphatic rings. The Bertz CT molecular complexity index is 1160. The second-order valence-electron chi connectivity index (χ2n) is 11.3. The van der Waals surface area contributed by atoms with Gasteiger partial charge in [-0.1, -0.05) is 57.2 Å². The molecule has 37 heavy (non-hydrogen) atoms. The fourth-order valence-electron chi connectivity index (χ4n) is 5.88. The minimum atomic E-state index is -0.442. The van der Waals surface area contributed by atoms with Gasteiger partial charge in [0.2, 0.25) is 5.91 Å². The summed E-state index contributed by atoms with van der Waals surface area (Å²) in [6, 6.07) is 15.7. The Morgan fingerprint density at radius 1 is 1.03 bits per heavy atom. The predicted octanol–water partition coefficient (Wildman–Crippen LogP) is 5.34. The molecule has 1 fully saturated rings. The third kappa shape index (κ3) is 6.06. The number of hydrazone groups is 1. The van der Waals surface area contributed by atoms with Crippen LogP contribution in [0.15, 0.2) is 58.7 Å². The highest BCUT2D eigenvalue weighted by Gasteiger charge is 2.37. The molecule has 2 aliphatic carbocycles. The summed E-state index contributed by atoms with van der Waals surface area (Å²) >= 11 is 0. The summed E-state index contributed by atoms with van der Waals surface area (Å²) in [4.78, 5) is 28.6. The smallest absolute Gasteiger partial charge is 0.265 e. The number of benzene rings is 2. The van der Waals surface area contributed by atoms with Crippen LogP contribution in [0.4, 0.5) is 0 Å². The van der Waals surface area contributed by atoms with Gasteiger partial charge in [0, 0.05) is 18.2 Å². The van der Waals surface area contributed by atoms with Gasteiger partial charge in [0.05, 0.1) is 5.92 Å². The molecule has 8 nitrogen and oxygen atoms in total. The summed E-state index contributed by atoms with van der Waals surface area (Å²) in [5, 5.41) is 8.73. The van der Waals surface area contributed by atoms with Crippen molar-refractivity contribution in [1.29, 1.82) is 5.53 Å². The molecule has 1 saturated carbocycles. The van der Waals surface area contributed by atoms with Crippen molar-refractivity contribution in [3.8, 4) is 0 Å². The number of guanidine groups is 1. The van der Waals surface area contributed by atoms with E-state index in [9.17, 15) is 9.59 Å². The molecule has 4 rings (SSSR count). The second-order valence-corrected chi connectivity index (χ2v) is 11.3. The average molecular weight is 503 g/mol. The van der Waals surface area contributed by atoms with Crippen molar-refractivity contribution >= 4 is 17.8 Å². The molecular formula is C29H38N6O2. The quantitative estimate of drug-likeness (QED) is 0.168. The molecule has 2 aromatic carbocycles. The van der Waals surface area contributed by atoms with E-state index in [1.807, 2.05) is 18.2 Å². The molecule has 0 heterocycles. The van der Waals surface area contributed by atoms with E-state index >= 15 is 0 Å². The zero-order chi connectivity index (χ0) is 26.6. The molecule has 2 aromatic rings. The molecule has 196 valence electrons. The first-order valence-electron chi connectivity index (χ1n) is 13.1. The van der Waals surface area contributed by atoms with Gasteiger partial charge in [0.25, 0.3) is 11.9 Å². The second kappa shape index (κ2) is 11.2. The highest BCUT2D eigenvalue weighted by Crippen LogP contribution is 2.41. The van der Waals surface area contributed by atoms with Gasteiger partial charge in [0.1, 0.15) is 0 Å². The number of hydrogen-bond donors (Lipinski definition) is 3. The van der Waals surface area contributed by atoms with Gasteiger partial charge in [-0.2, -0.15) is 0 Å². The first kappa shape index (κ1) is 26.5. The topological polar surface area (TPSA) is 124 Å². The largest absolute Gasteiger partial charge is 0.335 e. The van der Waals surface area contributed by atoms with Gasteiger partial charge in [-0.05, 0) is 78.7 Å². The summed E-state index contributed by atoms with van der Waals surface area (Å²) < 4.78 is 0. The summed E-state index contributed by atoms with van der Waals surface area (Å²) in [5.74, 6) is 5.22. The van der Waals surface area contributed by atoms with Gasteiger partial charge in [0.15, 0.2) is 0 Å². The number of aryl methyl sites for hydroxylation is 1. The van der Waals surface area contributed by atoms with E-state index < -0.39 is 5.91 Å². The number of amides is 2. The molecule has 1 unspecified atom stereocenters. The lowest BCUT2D eigenvalue weighted by atomic mass is 9.71. The van der Waals surface area contributed by atoms with Gasteiger partial charge < -0.3 is 10.7 Å². The highest BCUT2D eigenvalue weighted by atomic mass is 16.2. The van der Waals surface area contributed by atoms with Crippen molar-refractivity contribution in [3.05, 3.63) is 70.8 Å². The molecule has 8 heteroatoms. The van der Waals surface area contributed by atoms with Crippen LogP contribution in [-0.2, 0) is 17.8 Å². The van der Waals surface area contributed by atoms with Crippen molar-refractivity contribution in [2.45, 2.75) is 77.8 Å². The van der Waals surface area contributed by atoms with E-state index in [2.05, 4.69) is 59.4 Å². The minimum Gasteiger partial charge on any atom is -0.335 e. The molecule has 4 N–H and O–H groups in total. The Labute approximate surface area is 219 Å². The molecule has 0 aliphatic heterocycles. The van der Waals surface area contributed by atoms with Gasteiger partial charge in [-0.25, -0.2) is 5.53 Å². The summed E-state index contributed by atoms with van der Waals surface area (Å²) in [6.07, 6.45) is 6.09. The summed E-state index contributed by atoms with van der Waals surface area (Å²) in [6.45, 7) is 7.46. The van der Waals surface area contributed by atoms with Crippen molar-refractivity contribution in [3.63, 3.8) is 0 Å². The Morgan fingerprint density at radius 2 is 1.70 bits per heavy atom. The molecule has 0 saturated heterocycles. The van der Waals surface area contributed by atoms with Gasteiger partial charge in [-0.15, -0.1) is 10.2 Å². The van der Waals surface area contributed by atoms with Crippen LogP contribution in [0.2, 0.25) is 0 Å². The number of rotatable bonds is 5. The number of fused-ring (bicyclic) bond motifs is 1. The molecule has 2 amide bonds. The van der Waals surface area contributed by atoms with E-state index in [4.69, 9.17) is 11.4 Å². The van der Waals surface area contributed by atoms with Crippen molar-refractivity contribution in [2.24, 2.45) is 27.4 Å². The number of nitrogens with one attached hydrogen (secondary N) is 2. The van der Waals surface area contributed by atoms with E-state index in [0.717, 1.165) is 44.1 Å². The Balaban J connectivity index is 1.53. The van der Waals surface area contributed by atoms with Crippen molar-refractivity contribution < 1.29 is 9.59 Å². The number of carbonyl (C=O) groups is 2. The van der Waals surface area contributed by atoms with E-state index in [1.54, 1.807) is 12.1 Å². The third-order valence-corrected chi connectivity index (χ3v) is 8.10. The first-order valence-corrected chi connectivity index (χ1v) is 13.1. The number of carbonyl (C=O) groups excluding carboxylic acids is 2. The van der Waals surface area contributed by atoms with Crippen LogP contribution >= 0.6 is 0 Å². The van der Waals surface area contributed by atoms with Crippen LogP contribution in [0.25, 0.3) is 0 Å². The minimum absolute atomic E-state index is 0.0933. The van der Waals surface area contributed by atoms with E-state index in [1.165, 1.54) is 11.1 Å². The molecule has 0 aromatic heterocycles. The molecular weight excluding hydrogens is 464 g/mol. The maximum absolute atomic E-state index is 14.1. The standard InChI is InChI=1S/C29H38N6O2/c1-29(2,3)22-13-15-23(16-14-22)35(27(37)25-17-12-20-6-4-5-7-24(20)25)18-19-8-10-21(11-9-19)26(36)32-28(33-30)34-31/h4-11,22-23,25,30H,12-18,31H2,1-3H3,(H,32,34,36). The number of nitrogens with two attached hydrogens (primary N) is 1. The van der Waals surface area contributed by atoms with Crippen LogP contribution in [0, 0.1) is 16.9 Å². The van der Waals surface area contributed by atoms with Gasteiger partial charge >= 0.3 is 0 Å². The monoisotopic (exact) mass is 502 g/mol. The van der Waals surface area contributed by atoms with E-state index in [0.29, 0.717) is 18.0 Å². The Morgan fingerprint density at radius 3 is 2.32 bits per heavy atom. The lowest BCUT2D eigenvalue weighted by molar-refractivity contribution is -0.137. The maximum atomic E-state index is 14.1. The fraction of sp³-hybridized carbons (Fsp3) is 0.483. The molecule has 0 radical (unpaired) electrons. The van der Waals surface area contributed by atoms with Crippen LogP contribution in [0.1, 0.15) is 85.8 Å². The fourth-order valence-corrected chi connectivity index (χ4v) is 5.88. The summed E-state index contributed by atoms with van der Waals surface area (Å²) in [5.41, 5.74) is 11.1. The lowest BCUT2D eigenvalue weighted by Gasteiger charge is -2.42. The molecule has 0 bridgehead atoms. The van der Waals surface area contributed by atoms with Crippen molar-refractivity contribution in [2.75, 3.05) is 0 Å². The van der Waals surface area contributed by atoms with Crippen LogP contribution in [0.3, 0.4) is 0 Å². The molecule has 0 spiro atoms. The zero-order valence-corrected chi connectivity index (χ0v) is 22.0. The van der Waals surface area contributed by atoms with Crippen LogP contribution in [-0.4, -0.2) is 28.7 Å². The van der Waals surface area contributed by atoms with Crippen LogP contribution in [0.5, 0.6) is 0 Å².